The molecule has 2 amide bonds. The molecule has 0 fully saturated rings. The number of aliphatic carboxylic acids is 2. The van der Waals surface area contributed by atoms with Gasteiger partial charge in [0.05, 0.1) is 54.3 Å². The second-order valence-electron chi connectivity index (χ2n) is 11.5. The summed E-state index contributed by atoms with van der Waals surface area (Å²) in [4.78, 5) is 51.4. The molecule has 0 aliphatic carbocycles. The Morgan fingerprint density at radius 3 is 1.96 bits per heavy atom. The van der Waals surface area contributed by atoms with Crippen LogP contribution in [-0.4, -0.2) is 71.2 Å². The predicted molar refractivity (Wildman–Crippen MR) is 173 cm³/mol. The predicted octanol–water partition coefficient (Wildman–Crippen LogP) is 5.54. The minimum Gasteiger partial charge on any atom is -0.493 e. The van der Waals surface area contributed by atoms with Crippen LogP contribution in [0.4, 0.5) is 0 Å². The van der Waals surface area contributed by atoms with Crippen LogP contribution >= 0.6 is 31.9 Å². The number of nitrogens with zero attached hydrogens (tertiary/aromatic N) is 2. The molecule has 2 aromatic rings. The van der Waals surface area contributed by atoms with E-state index in [9.17, 15) is 24.3 Å². The summed E-state index contributed by atoms with van der Waals surface area (Å²) in [5, 5.41) is 18.4. The van der Waals surface area contributed by atoms with Crippen LogP contribution in [0.5, 0.6) is 23.0 Å². The highest BCUT2D eigenvalue weighted by Crippen LogP contribution is 2.52. The SMILES string of the molecule is COc1cc2c(cc1OCCCOc1c(Br)c3c(c(Br)c1OC)CN(C(=O)CC(C)C(=O)O)C3C)CN(C(=O)CC(C)C(=O)O)C2. The normalized spacial score (nSPS) is 16.4. The van der Waals surface area contributed by atoms with Crippen LogP contribution in [-0.2, 0) is 38.8 Å². The van der Waals surface area contributed by atoms with Crippen molar-refractivity contribution in [3.8, 4) is 23.0 Å². The Hall–Kier alpha value is -3.52. The van der Waals surface area contributed by atoms with Gasteiger partial charge in [-0.05, 0) is 73.2 Å². The molecule has 46 heavy (non-hydrogen) atoms. The Kier molecular flexibility index (Phi) is 11.5. The van der Waals surface area contributed by atoms with Crippen molar-refractivity contribution in [2.45, 2.75) is 65.7 Å². The number of benzene rings is 2. The number of carbonyl (C=O) groups is 4. The van der Waals surface area contributed by atoms with Crippen molar-refractivity contribution >= 4 is 55.6 Å². The molecular formula is C32H38Br2N2O10. The summed E-state index contributed by atoms with van der Waals surface area (Å²) < 4.78 is 24.8. The fourth-order valence-electron chi connectivity index (χ4n) is 5.59. The summed E-state index contributed by atoms with van der Waals surface area (Å²) >= 11 is 7.31. The van der Waals surface area contributed by atoms with Crippen LogP contribution in [0.15, 0.2) is 21.1 Å². The first-order valence-electron chi connectivity index (χ1n) is 14.8. The van der Waals surface area contributed by atoms with Crippen LogP contribution in [0.2, 0.25) is 0 Å². The molecule has 3 unspecified atom stereocenters. The second-order valence-corrected chi connectivity index (χ2v) is 13.1. The summed E-state index contributed by atoms with van der Waals surface area (Å²) in [6.45, 7) is 6.57. The number of ether oxygens (including phenoxy) is 4. The lowest BCUT2D eigenvalue weighted by Gasteiger charge is -2.23. The zero-order valence-electron chi connectivity index (χ0n) is 26.4. The molecular weight excluding hydrogens is 732 g/mol. The molecule has 12 nitrogen and oxygen atoms in total. The molecule has 2 heterocycles. The Morgan fingerprint density at radius 1 is 0.826 bits per heavy atom. The zero-order valence-corrected chi connectivity index (χ0v) is 29.5. The lowest BCUT2D eigenvalue weighted by molar-refractivity contribution is -0.146. The molecule has 250 valence electrons. The van der Waals surface area contributed by atoms with Crippen LogP contribution in [0.25, 0.3) is 0 Å². The van der Waals surface area contributed by atoms with Gasteiger partial charge in [0.15, 0.2) is 23.0 Å². The summed E-state index contributed by atoms with van der Waals surface area (Å²) in [6, 6.07) is 3.38. The van der Waals surface area contributed by atoms with Gasteiger partial charge in [0.1, 0.15) is 0 Å². The van der Waals surface area contributed by atoms with Gasteiger partial charge >= 0.3 is 11.9 Å². The molecule has 0 saturated heterocycles. The Labute approximate surface area is 284 Å². The van der Waals surface area contributed by atoms with E-state index in [1.54, 1.807) is 16.9 Å². The van der Waals surface area contributed by atoms with E-state index in [0.717, 1.165) is 22.3 Å². The zero-order chi connectivity index (χ0) is 33.9. The van der Waals surface area contributed by atoms with E-state index in [4.69, 9.17) is 24.1 Å². The standard InChI is InChI=1S/C32H38Br2N2O10/c1-16(31(39)40)9-24(37)35-13-19-11-22(43-4)23(12-20(19)14-35)45-7-6-8-46-30-28(34)26-18(3)36(25(38)10-17(2)32(41)42)15-21(26)27(33)29(30)44-5/h11-12,16-18H,6-10,13-15H2,1-5H3,(H,39,40)(H,41,42). The van der Waals surface area contributed by atoms with Gasteiger partial charge < -0.3 is 39.0 Å². The van der Waals surface area contributed by atoms with E-state index in [1.807, 2.05) is 19.1 Å². The Morgan fingerprint density at radius 2 is 1.39 bits per heavy atom. The van der Waals surface area contributed by atoms with Crippen LogP contribution in [0.3, 0.4) is 0 Å². The number of rotatable bonds is 14. The van der Waals surface area contributed by atoms with Crippen molar-refractivity contribution in [2.24, 2.45) is 11.8 Å². The maximum atomic E-state index is 13.0. The van der Waals surface area contributed by atoms with Gasteiger partial charge in [0.2, 0.25) is 11.8 Å². The lowest BCUT2D eigenvalue weighted by atomic mass is 10.0. The number of hydrogen-bond donors (Lipinski definition) is 2. The van der Waals surface area contributed by atoms with Crippen LogP contribution in [0.1, 0.15) is 68.3 Å². The van der Waals surface area contributed by atoms with Gasteiger partial charge in [-0.2, -0.15) is 0 Å². The van der Waals surface area contributed by atoms with Crippen molar-refractivity contribution < 1.29 is 48.3 Å². The van der Waals surface area contributed by atoms with Gasteiger partial charge in [-0.3, -0.25) is 19.2 Å². The third kappa shape index (κ3) is 7.38. The summed E-state index contributed by atoms with van der Waals surface area (Å²) in [6.07, 6.45) is 0.350. The second kappa shape index (κ2) is 14.9. The molecule has 2 aliphatic heterocycles. The molecule has 2 N–H and O–H groups in total. The smallest absolute Gasteiger partial charge is 0.306 e. The minimum absolute atomic E-state index is 0.0626. The average molecular weight is 770 g/mol. The van der Waals surface area contributed by atoms with Crippen LogP contribution in [0, 0.1) is 11.8 Å². The fraction of sp³-hybridized carbons (Fsp3) is 0.500. The van der Waals surface area contributed by atoms with E-state index < -0.39 is 23.8 Å². The monoisotopic (exact) mass is 768 g/mol. The number of amides is 2. The first-order valence-corrected chi connectivity index (χ1v) is 16.4. The van der Waals surface area contributed by atoms with E-state index >= 15 is 0 Å². The lowest BCUT2D eigenvalue weighted by Crippen LogP contribution is -2.30. The number of hydrogen-bond acceptors (Lipinski definition) is 8. The summed E-state index contributed by atoms with van der Waals surface area (Å²) in [7, 11) is 3.08. The highest BCUT2D eigenvalue weighted by molar-refractivity contribution is 9.11. The van der Waals surface area contributed by atoms with E-state index in [0.29, 0.717) is 64.6 Å². The molecule has 3 atom stereocenters. The highest BCUT2D eigenvalue weighted by atomic mass is 79.9. The number of carboxylic acid groups (broad SMARTS) is 2. The number of carboxylic acids is 2. The molecule has 0 aromatic heterocycles. The number of methoxy groups -OCH3 is 2. The van der Waals surface area contributed by atoms with Gasteiger partial charge in [0.25, 0.3) is 0 Å². The summed E-state index contributed by atoms with van der Waals surface area (Å²) in [5.41, 5.74) is 3.57. The quantitative estimate of drug-likeness (QED) is 0.234. The fourth-order valence-corrected chi connectivity index (χ4v) is 7.14. The van der Waals surface area contributed by atoms with Crippen molar-refractivity contribution in [3.63, 3.8) is 0 Å². The van der Waals surface area contributed by atoms with Gasteiger partial charge in [-0.15, -0.1) is 0 Å². The Balaban J connectivity index is 1.39. The first-order chi connectivity index (χ1) is 21.8. The average Bonchev–Trinajstić information content (AvgIpc) is 3.59. The van der Waals surface area contributed by atoms with Gasteiger partial charge in [0, 0.05) is 38.9 Å². The summed E-state index contributed by atoms with van der Waals surface area (Å²) in [5.74, 6) is -2.01. The highest BCUT2D eigenvalue weighted by Gasteiger charge is 2.38. The molecule has 0 bridgehead atoms. The largest absolute Gasteiger partial charge is 0.493 e. The molecule has 0 saturated carbocycles. The molecule has 4 rings (SSSR count). The number of halogens is 2. The number of carbonyl (C=O) groups excluding carboxylic acids is 2. The van der Waals surface area contributed by atoms with E-state index in [1.165, 1.54) is 21.0 Å². The van der Waals surface area contributed by atoms with E-state index in [2.05, 4.69) is 31.9 Å². The van der Waals surface area contributed by atoms with Crippen LogP contribution < -0.4 is 18.9 Å². The van der Waals surface area contributed by atoms with Crippen molar-refractivity contribution in [2.75, 3.05) is 27.4 Å². The molecule has 14 heteroatoms. The molecule has 2 aliphatic rings. The molecule has 2 aromatic carbocycles. The minimum atomic E-state index is -1.01. The van der Waals surface area contributed by atoms with Gasteiger partial charge in [-0.25, -0.2) is 0 Å². The topological polar surface area (TPSA) is 152 Å². The van der Waals surface area contributed by atoms with Crippen molar-refractivity contribution in [1.82, 2.24) is 9.80 Å². The first kappa shape index (κ1) is 35.3. The molecule has 0 radical (unpaired) electrons. The number of fused-ring (bicyclic) bond motifs is 2. The maximum Gasteiger partial charge on any atom is 0.306 e. The Bertz CT molecular complexity index is 1530. The van der Waals surface area contributed by atoms with Crippen molar-refractivity contribution in [1.29, 1.82) is 0 Å². The molecule has 0 spiro atoms. The third-order valence-corrected chi connectivity index (χ3v) is 9.95. The van der Waals surface area contributed by atoms with E-state index in [-0.39, 0.29) is 37.3 Å². The van der Waals surface area contributed by atoms with Gasteiger partial charge in [-0.1, -0.05) is 13.8 Å². The maximum absolute atomic E-state index is 13.0. The third-order valence-electron chi connectivity index (χ3n) is 8.33. The van der Waals surface area contributed by atoms with Crippen molar-refractivity contribution in [3.05, 3.63) is 43.3 Å².